The number of nitrogens with zero attached hydrogens (tertiary/aromatic N) is 5. The Kier molecular flexibility index (Phi) is 9.11. The first kappa shape index (κ1) is 28.8. The van der Waals surface area contributed by atoms with Crippen LogP contribution in [0.5, 0.6) is 5.75 Å². The average molecular weight is 569 g/mol. The number of carbonyl (C=O) groups excluding carboxylic acids is 1. The zero-order chi connectivity index (χ0) is 29.5. The van der Waals surface area contributed by atoms with Gasteiger partial charge in [-0.05, 0) is 73.6 Å². The predicted octanol–water partition coefficient (Wildman–Crippen LogP) is 5.03. The number of fused-ring (bicyclic) bond motifs is 1. The highest BCUT2D eigenvalue weighted by atomic mass is 16.5. The van der Waals surface area contributed by atoms with Crippen LogP contribution in [-0.2, 0) is 22.6 Å². The van der Waals surface area contributed by atoms with Crippen LogP contribution in [0.4, 0.5) is 11.6 Å². The fourth-order valence-corrected chi connectivity index (χ4v) is 5.18. The van der Waals surface area contributed by atoms with E-state index in [1.54, 1.807) is 6.20 Å². The van der Waals surface area contributed by atoms with Crippen molar-refractivity contribution in [3.8, 4) is 16.9 Å². The van der Waals surface area contributed by atoms with E-state index in [4.69, 9.17) is 9.84 Å². The average Bonchev–Trinajstić information content (AvgIpc) is 3.44. The molecule has 0 saturated carbocycles. The van der Waals surface area contributed by atoms with Gasteiger partial charge >= 0.3 is 5.97 Å². The third-order valence-electron chi connectivity index (χ3n) is 7.50. The smallest absolute Gasteiger partial charge is 0.305 e. The number of hydrogen-bond donors (Lipinski definition) is 2. The van der Waals surface area contributed by atoms with Gasteiger partial charge in [0, 0.05) is 43.2 Å². The van der Waals surface area contributed by atoms with Gasteiger partial charge in [0.1, 0.15) is 5.75 Å². The number of aliphatic carboxylic acids is 1. The number of carboxylic acid groups (broad SMARTS) is 1. The molecule has 42 heavy (non-hydrogen) atoms. The molecule has 10 heteroatoms. The fraction of sp³-hybridized carbons (Fsp3) is 0.344. The van der Waals surface area contributed by atoms with E-state index in [-0.39, 0.29) is 18.9 Å². The monoisotopic (exact) mass is 568 g/mol. The molecule has 1 aliphatic heterocycles. The van der Waals surface area contributed by atoms with E-state index < -0.39 is 5.97 Å². The van der Waals surface area contributed by atoms with Crippen LogP contribution in [0.2, 0.25) is 0 Å². The maximum Gasteiger partial charge on any atom is 0.305 e. The number of amides is 1. The Labute approximate surface area is 245 Å². The lowest BCUT2D eigenvalue weighted by Crippen LogP contribution is -2.35. The number of ether oxygens (including phenoxy) is 1. The highest BCUT2D eigenvalue weighted by molar-refractivity contribution is 5.96. The quantitative estimate of drug-likeness (QED) is 0.228. The lowest BCUT2D eigenvalue weighted by atomic mass is 9.93. The number of aryl methyl sites for hydroxylation is 1. The predicted molar refractivity (Wildman–Crippen MR) is 161 cm³/mol. The first-order chi connectivity index (χ1) is 20.4. The van der Waals surface area contributed by atoms with E-state index in [2.05, 4.69) is 46.4 Å². The Hall–Kier alpha value is -4.73. The van der Waals surface area contributed by atoms with Gasteiger partial charge in [-0.2, -0.15) is 5.10 Å². The molecule has 1 amide bonds. The molecule has 0 spiro atoms. The summed E-state index contributed by atoms with van der Waals surface area (Å²) in [6.45, 7) is 6.03. The van der Waals surface area contributed by atoms with Gasteiger partial charge in [-0.25, -0.2) is 9.97 Å². The summed E-state index contributed by atoms with van der Waals surface area (Å²) in [5, 5.41) is 16.3. The van der Waals surface area contributed by atoms with Crippen molar-refractivity contribution in [2.45, 2.75) is 52.5 Å². The van der Waals surface area contributed by atoms with Crippen molar-refractivity contribution in [3.63, 3.8) is 0 Å². The van der Waals surface area contributed by atoms with Crippen molar-refractivity contribution < 1.29 is 19.4 Å². The summed E-state index contributed by atoms with van der Waals surface area (Å²) < 4.78 is 7.79. The van der Waals surface area contributed by atoms with Crippen LogP contribution >= 0.6 is 0 Å². The van der Waals surface area contributed by atoms with Crippen LogP contribution in [0.15, 0.2) is 61.1 Å². The molecule has 1 aliphatic rings. The van der Waals surface area contributed by atoms with Gasteiger partial charge < -0.3 is 20.1 Å². The van der Waals surface area contributed by atoms with Crippen molar-refractivity contribution >= 4 is 23.5 Å². The molecule has 5 rings (SSSR count). The molecular weight excluding hydrogens is 532 g/mol. The summed E-state index contributed by atoms with van der Waals surface area (Å²) in [5.74, 6) is 0.505. The van der Waals surface area contributed by atoms with Crippen LogP contribution < -0.4 is 15.0 Å². The minimum absolute atomic E-state index is 0.0112. The number of benzene rings is 2. The SMILES string of the molecule is Cc1cccc(OCCCC(=O)N2CCCc3c(-c4cnn(Cc5ccnc(NCCC(=O)O)n5)c4)cccc32)c1C. The fourth-order valence-electron chi connectivity index (χ4n) is 5.18. The number of carboxylic acids is 1. The summed E-state index contributed by atoms with van der Waals surface area (Å²) in [5.41, 5.74) is 7.28. The molecule has 2 aromatic carbocycles. The van der Waals surface area contributed by atoms with Gasteiger partial charge in [0.05, 0.1) is 31.5 Å². The van der Waals surface area contributed by atoms with Crippen LogP contribution in [0.25, 0.3) is 11.1 Å². The number of hydrogen-bond acceptors (Lipinski definition) is 7. The second kappa shape index (κ2) is 13.3. The highest BCUT2D eigenvalue weighted by Gasteiger charge is 2.24. The molecule has 3 heterocycles. The lowest BCUT2D eigenvalue weighted by Gasteiger charge is -2.31. The van der Waals surface area contributed by atoms with Gasteiger partial charge in [-0.15, -0.1) is 0 Å². The molecule has 218 valence electrons. The maximum absolute atomic E-state index is 13.3. The van der Waals surface area contributed by atoms with Crippen molar-refractivity contribution in [2.75, 3.05) is 29.9 Å². The van der Waals surface area contributed by atoms with E-state index in [1.807, 2.05) is 52.3 Å². The molecule has 2 aromatic heterocycles. The molecule has 0 bridgehead atoms. The maximum atomic E-state index is 13.3. The van der Waals surface area contributed by atoms with Crippen molar-refractivity contribution in [3.05, 3.63) is 83.4 Å². The van der Waals surface area contributed by atoms with Gasteiger partial charge in [-0.1, -0.05) is 24.3 Å². The summed E-state index contributed by atoms with van der Waals surface area (Å²) >= 11 is 0. The van der Waals surface area contributed by atoms with Crippen molar-refractivity contribution in [1.29, 1.82) is 0 Å². The van der Waals surface area contributed by atoms with Gasteiger partial charge in [0.15, 0.2) is 0 Å². The Morgan fingerprint density at radius 3 is 2.81 bits per heavy atom. The summed E-state index contributed by atoms with van der Waals surface area (Å²) in [7, 11) is 0. The third-order valence-corrected chi connectivity index (χ3v) is 7.50. The lowest BCUT2D eigenvalue weighted by molar-refractivity contribution is -0.136. The molecule has 2 N–H and O–H groups in total. The van der Waals surface area contributed by atoms with Gasteiger partial charge in [0.25, 0.3) is 0 Å². The van der Waals surface area contributed by atoms with E-state index >= 15 is 0 Å². The molecule has 4 aromatic rings. The third kappa shape index (κ3) is 6.94. The minimum atomic E-state index is -0.878. The van der Waals surface area contributed by atoms with Crippen molar-refractivity contribution in [1.82, 2.24) is 19.7 Å². The van der Waals surface area contributed by atoms with Crippen molar-refractivity contribution in [2.24, 2.45) is 0 Å². The van der Waals surface area contributed by atoms with Crippen LogP contribution in [0.1, 0.15) is 48.1 Å². The van der Waals surface area contributed by atoms with E-state index in [0.717, 1.165) is 52.2 Å². The van der Waals surface area contributed by atoms with E-state index in [1.165, 1.54) is 5.56 Å². The number of aromatic nitrogens is 4. The minimum Gasteiger partial charge on any atom is -0.493 e. The topological polar surface area (TPSA) is 122 Å². The molecule has 0 saturated heterocycles. The molecule has 10 nitrogen and oxygen atoms in total. The Bertz CT molecular complexity index is 1570. The highest BCUT2D eigenvalue weighted by Crippen LogP contribution is 2.36. The summed E-state index contributed by atoms with van der Waals surface area (Å²) in [6, 6.07) is 14.0. The zero-order valence-electron chi connectivity index (χ0n) is 24.0. The Morgan fingerprint density at radius 2 is 1.95 bits per heavy atom. The number of anilines is 2. The second-order valence-corrected chi connectivity index (χ2v) is 10.5. The Balaban J connectivity index is 1.22. The number of rotatable bonds is 12. The molecule has 0 radical (unpaired) electrons. The Morgan fingerprint density at radius 1 is 1.10 bits per heavy atom. The van der Waals surface area contributed by atoms with E-state index in [0.29, 0.717) is 38.5 Å². The molecule has 0 aliphatic carbocycles. The first-order valence-electron chi connectivity index (χ1n) is 14.3. The molecule has 0 unspecified atom stereocenters. The van der Waals surface area contributed by atoms with E-state index in [9.17, 15) is 9.59 Å². The second-order valence-electron chi connectivity index (χ2n) is 10.5. The standard InChI is InChI=1S/C32H36N6O4/c1-22-7-3-11-29(23(22)2)42-18-6-12-30(39)38-17-5-9-27-26(8-4-10-28(27)38)24-19-35-37(20-24)21-25-13-15-33-32(36-25)34-16-14-31(40)41/h3-4,7-8,10-11,13,15,19-20H,5-6,9,12,14,16-18,21H2,1-2H3,(H,40,41)(H,33,34,36). The normalized spacial score (nSPS) is 12.6. The largest absolute Gasteiger partial charge is 0.493 e. The van der Waals surface area contributed by atoms with Crippen LogP contribution in [0, 0.1) is 13.8 Å². The van der Waals surface area contributed by atoms with Crippen LogP contribution in [-0.4, -0.2) is 56.4 Å². The number of nitrogens with one attached hydrogen (secondary N) is 1. The van der Waals surface area contributed by atoms with Gasteiger partial charge in [0.2, 0.25) is 11.9 Å². The summed E-state index contributed by atoms with van der Waals surface area (Å²) in [4.78, 5) is 34.6. The molecule has 0 fully saturated rings. The summed E-state index contributed by atoms with van der Waals surface area (Å²) in [6.07, 6.45) is 8.35. The first-order valence-corrected chi connectivity index (χ1v) is 14.3. The van der Waals surface area contributed by atoms with Crippen LogP contribution in [0.3, 0.4) is 0 Å². The number of carbonyl (C=O) groups is 2. The zero-order valence-corrected chi connectivity index (χ0v) is 24.0. The molecular formula is C32H36N6O4. The molecule has 0 atom stereocenters. The van der Waals surface area contributed by atoms with Gasteiger partial charge in [-0.3, -0.25) is 14.3 Å².